The molecule has 0 aliphatic carbocycles. The molecule has 1 fully saturated rings. The number of piperidine rings is 1. The highest BCUT2D eigenvalue weighted by atomic mass is 79.9. The monoisotopic (exact) mass is 360 g/mol. The molecule has 0 amide bonds. The number of rotatable bonds is 6. The first kappa shape index (κ1) is 16.8. The minimum atomic E-state index is -0.471. The number of nitrogens with one attached hydrogen (secondary N) is 1. The topological polar surface area (TPSA) is 15.3 Å². The number of benzene rings is 1. The summed E-state index contributed by atoms with van der Waals surface area (Å²) >= 11 is 3.13. The number of nitrogens with zero attached hydrogens (tertiary/aromatic N) is 1. The van der Waals surface area contributed by atoms with Crippen LogP contribution in [0.4, 0.5) is 8.78 Å². The molecule has 2 rings (SSSR count). The van der Waals surface area contributed by atoms with Crippen LogP contribution in [0.5, 0.6) is 0 Å². The molecule has 0 bridgehead atoms. The maximum Gasteiger partial charge on any atom is 0.144 e. The van der Waals surface area contributed by atoms with E-state index < -0.39 is 11.6 Å². The Hall–Kier alpha value is -0.520. The zero-order valence-electron chi connectivity index (χ0n) is 12.5. The Morgan fingerprint density at radius 1 is 1.38 bits per heavy atom. The van der Waals surface area contributed by atoms with Crippen molar-refractivity contribution in [1.82, 2.24) is 10.2 Å². The van der Waals surface area contributed by atoms with Crippen molar-refractivity contribution in [3.05, 3.63) is 33.8 Å². The van der Waals surface area contributed by atoms with Crippen molar-refractivity contribution in [3.63, 3.8) is 0 Å². The van der Waals surface area contributed by atoms with E-state index in [9.17, 15) is 8.78 Å². The normalized spacial score (nSPS) is 19.9. The lowest BCUT2D eigenvalue weighted by molar-refractivity contribution is 0.162. The minimum Gasteiger partial charge on any atom is -0.316 e. The van der Waals surface area contributed by atoms with Gasteiger partial charge in [0.05, 0.1) is 4.47 Å². The maximum absolute atomic E-state index is 14.0. The summed E-state index contributed by atoms with van der Waals surface area (Å²) in [6.07, 6.45) is 3.41. The van der Waals surface area contributed by atoms with E-state index in [-0.39, 0.29) is 5.56 Å². The molecule has 1 aromatic rings. The number of halogens is 3. The summed E-state index contributed by atoms with van der Waals surface area (Å²) in [7, 11) is 0. The summed E-state index contributed by atoms with van der Waals surface area (Å²) < 4.78 is 28.2. The first-order chi connectivity index (χ1) is 10.1. The van der Waals surface area contributed by atoms with Crippen LogP contribution in [0.15, 0.2) is 16.6 Å². The number of hydrogen-bond acceptors (Lipinski definition) is 2. The smallest absolute Gasteiger partial charge is 0.144 e. The van der Waals surface area contributed by atoms with Gasteiger partial charge in [0, 0.05) is 18.7 Å². The number of likely N-dealkylation sites (tertiary alicyclic amines) is 1. The van der Waals surface area contributed by atoms with Crippen LogP contribution in [0.1, 0.15) is 31.7 Å². The minimum absolute atomic E-state index is 0.173. The average molecular weight is 361 g/mol. The zero-order valence-corrected chi connectivity index (χ0v) is 14.1. The fourth-order valence-corrected chi connectivity index (χ4v) is 3.25. The lowest BCUT2D eigenvalue weighted by Crippen LogP contribution is -2.39. The van der Waals surface area contributed by atoms with Gasteiger partial charge in [0.15, 0.2) is 0 Å². The first-order valence-corrected chi connectivity index (χ1v) is 8.46. The van der Waals surface area contributed by atoms with E-state index in [4.69, 9.17) is 0 Å². The predicted molar refractivity (Wildman–Crippen MR) is 85.2 cm³/mol. The highest BCUT2D eigenvalue weighted by Crippen LogP contribution is 2.25. The van der Waals surface area contributed by atoms with Crippen molar-refractivity contribution in [2.45, 2.75) is 32.7 Å². The summed E-state index contributed by atoms with van der Waals surface area (Å²) in [5, 5.41) is 3.44. The largest absolute Gasteiger partial charge is 0.316 e. The molecule has 0 saturated carbocycles. The van der Waals surface area contributed by atoms with Crippen molar-refractivity contribution in [1.29, 1.82) is 0 Å². The molecule has 5 heteroatoms. The molecule has 1 saturated heterocycles. The maximum atomic E-state index is 14.0. The van der Waals surface area contributed by atoms with Crippen LogP contribution in [0.3, 0.4) is 0 Å². The Morgan fingerprint density at radius 2 is 2.19 bits per heavy atom. The van der Waals surface area contributed by atoms with Gasteiger partial charge in [-0.15, -0.1) is 0 Å². The van der Waals surface area contributed by atoms with Crippen LogP contribution in [-0.4, -0.2) is 31.1 Å². The third kappa shape index (κ3) is 4.73. The molecule has 1 atom stereocenters. The molecular formula is C16H23BrF2N2. The first-order valence-electron chi connectivity index (χ1n) is 7.67. The molecule has 1 aromatic carbocycles. The van der Waals surface area contributed by atoms with Gasteiger partial charge in [-0.2, -0.15) is 0 Å². The van der Waals surface area contributed by atoms with E-state index in [1.54, 1.807) is 0 Å². The Labute approximate surface area is 134 Å². The molecular weight excluding hydrogens is 338 g/mol. The second-order valence-electron chi connectivity index (χ2n) is 5.77. The molecule has 0 aromatic heterocycles. The second kappa shape index (κ2) is 8.20. The van der Waals surface area contributed by atoms with Crippen molar-refractivity contribution >= 4 is 15.9 Å². The van der Waals surface area contributed by atoms with Gasteiger partial charge < -0.3 is 5.32 Å². The van der Waals surface area contributed by atoms with Crippen LogP contribution in [-0.2, 0) is 6.54 Å². The quantitative estimate of drug-likeness (QED) is 0.610. The van der Waals surface area contributed by atoms with Gasteiger partial charge in [0.2, 0.25) is 0 Å². The van der Waals surface area contributed by atoms with Gasteiger partial charge in [-0.25, -0.2) is 8.78 Å². The lowest BCUT2D eigenvalue weighted by Gasteiger charge is -2.33. The molecule has 0 spiro atoms. The van der Waals surface area contributed by atoms with Gasteiger partial charge >= 0.3 is 0 Å². The Balaban J connectivity index is 1.95. The molecule has 1 unspecified atom stereocenters. The summed E-state index contributed by atoms with van der Waals surface area (Å²) in [6.45, 7) is 6.34. The van der Waals surface area contributed by atoms with Crippen LogP contribution in [0.2, 0.25) is 0 Å². The van der Waals surface area contributed by atoms with E-state index in [2.05, 4.69) is 33.1 Å². The molecule has 2 nitrogen and oxygen atoms in total. The number of hydrogen-bond donors (Lipinski definition) is 1. The van der Waals surface area contributed by atoms with Gasteiger partial charge in [-0.05, 0) is 72.9 Å². The van der Waals surface area contributed by atoms with E-state index in [0.29, 0.717) is 16.9 Å². The summed E-state index contributed by atoms with van der Waals surface area (Å²) in [5.41, 5.74) is 0.173. The summed E-state index contributed by atoms with van der Waals surface area (Å²) in [4.78, 5) is 2.16. The van der Waals surface area contributed by atoms with Crippen molar-refractivity contribution < 1.29 is 8.78 Å². The summed E-state index contributed by atoms with van der Waals surface area (Å²) in [5.74, 6) is -0.355. The van der Waals surface area contributed by atoms with Gasteiger partial charge in [-0.1, -0.05) is 6.92 Å². The Bertz CT molecular complexity index is 468. The van der Waals surface area contributed by atoms with Gasteiger partial charge in [0.1, 0.15) is 11.6 Å². The van der Waals surface area contributed by atoms with Crippen LogP contribution < -0.4 is 5.32 Å². The summed E-state index contributed by atoms with van der Waals surface area (Å²) in [6, 6.07) is 2.74. The van der Waals surface area contributed by atoms with E-state index in [0.717, 1.165) is 39.0 Å². The zero-order chi connectivity index (χ0) is 15.2. The highest BCUT2D eigenvalue weighted by molar-refractivity contribution is 9.10. The SMILES string of the molecule is CCCNCC1CCCN(Cc2c(F)ccc(Br)c2F)C1. The van der Waals surface area contributed by atoms with Crippen LogP contribution in [0, 0.1) is 17.6 Å². The second-order valence-corrected chi connectivity index (χ2v) is 6.62. The van der Waals surface area contributed by atoms with Crippen LogP contribution >= 0.6 is 15.9 Å². The Morgan fingerprint density at radius 3 is 2.95 bits per heavy atom. The van der Waals surface area contributed by atoms with Crippen LogP contribution in [0.25, 0.3) is 0 Å². The van der Waals surface area contributed by atoms with E-state index >= 15 is 0 Å². The fraction of sp³-hybridized carbons (Fsp3) is 0.625. The van der Waals surface area contributed by atoms with Crippen molar-refractivity contribution in [3.8, 4) is 0 Å². The highest BCUT2D eigenvalue weighted by Gasteiger charge is 2.22. The van der Waals surface area contributed by atoms with Crippen molar-refractivity contribution in [2.75, 3.05) is 26.2 Å². The Kier molecular flexibility index (Phi) is 6.58. The molecule has 1 N–H and O–H groups in total. The third-order valence-electron chi connectivity index (χ3n) is 3.98. The average Bonchev–Trinajstić information content (AvgIpc) is 2.48. The molecule has 1 aliphatic heterocycles. The standard InChI is InChI=1S/C16H23BrF2N2/c1-2-7-20-9-12-4-3-8-21(10-12)11-13-15(18)6-5-14(17)16(13)19/h5-6,12,20H,2-4,7-11H2,1H3. The lowest BCUT2D eigenvalue weighted by atomic mass is 9.97. The molecule has 1 heterocycles. The van der Waals surface area contributed by atoms with Gasteiger partial charge in [0.25, 0.3) is 0 Å². The third-order valence-corrected chi connectivity index (χ3v) is 4.60. The van der Waals surface area contributed by atoms with Gasteiger partial charge in [-0.3, -0.25) is 4.90 Å². The molecule has 118 valence electrons. The molecule has 1 aliphatic rings. The molecule has 21 heavy (non-hydrogen) atoms. The fourth-order valence-electron chi connectivity index (χ4n) is 2.88. The molecule has 0 radical (unpaired) electrons. The van der Waals surface area contributed by atoms with Crippen molar-refractivity contribution in [2.24, 2.45) is 5.92 Å². The van der Waals surface area contributed by atoms with E-state index in [1.165, 1.54) is 18.6 Å². The predicted octanol–water partition coefficient (Wildman–Crippen LogP) is 3.94. The van der Waals surface area contributed by atoms with E-state index in [1.807, 2.05) is 0 Å².